The second-order valence-corrected chi connectivity index (χ2v) is 8.39. The van der Waals surface area contributed by atoms with Gasteiger partial charge < -0.3 is 9.47 Å². The monoisotopic (exact) mass is 425 g/mol. The van der Waals surface area contributed by atoms with Gasteiger partial charge in [0.15, 0.2) is 16.7 Å². The molecule has 0 saturated heterocycles. The van der Waals surface area contributed by atoms with E-state index in [1.807, 2.05) is 47.2 Å². The standard InChI is InChI=1S/C20H18N6OS2/c1-12-17-22-23-18(19-21-13(2)24-29-19)26(17)10-9-25(12)20(27)15-7-5-14(6-8-15)16-4-3-11-28-16/h3-8,11-12H,9-10H2,1-2H3/t12-/m1/s1/i2D3. The summed E-state index contributed by atoms with van der Waals surface area (Å²) >= 11 is 2.65. The number of carbonyl (C=O) groups is 1. The topological polar surface area (TPSA) is 76.8 Å². The van der Waals surface area contributed by atoms with E-state index >= 15 is 0 Å². The molecule has 4 aromatic rings. The molecular weight excluding hydrogens is 404 g/mol. The summed E-state index contributed by atoms with van der Waals surface area (Å²) in [4.78, 5) is 20.3. The Kier molecular flexibility index (Phi) is 3.70. The third kappa shape index (κ3) is 3.16. The van der Waals surface area contributed by atoms with Gasteiger partial charge in [-0.25, -0.2) is 4.98 Å². The maximum atomic E-state index is 13.2. The van der Waals surface area contributed by atoms with Crippen molar-refractivity contribution in [1.82, 2.24) is 29.0 Å². The minimum atomic E-state index is -2.37. The van der Waals surface area contributed by atoms with E-state index in [4.69, 9.17) is 4.11 Å². The normalized spacial score (nSPS) is 18.0. The molecule has 9 heteroatoms. The Morgan fingerprint density at radius 3 is 2.79 bits per heavy atom. The molecule has 4 heterocycles. The number of hydrogen-bond acceptors (Lipinski definition) is 7. The zero-order valence-electron chi connectivity index (χ0n) is 18.4. The third-order valence-electron chi connectivity index (χ3n) is 5.00. The first kappa shape index (κ1) is 15.0. The molecule has 1 amide bonds. The lowest BCUT2D eigenvalue weighted by molar-refractivity contribution is 0.0638. The zero-order chi connectivity index (χ0) is 22.5. The molecule has 146 valence electrons. The number of carbonyl (C=O) groups excluding carboxylic acids is 1. The number of aromatic nitrogens is 5. The first-order valence-corrected chi connectivity index (χ1v) is 10.7. The third-order valence-corrected chi connectivity index (χ3v) is 6.63. The van der Waals surface area contributed by atoms with Crippen LogP contribution >= 0.6 is 22.9 Å². The summed E-state index contributed by atoms with van der Waals surface area (Å²) in [5.74, 6) is 0.862. The van der Waals surface area contributed by atoms with Crippen LogP contribution in [0.15, 0.2) is 41.8 Å². The summed E-state index contributed by atoms with van der Waals surface area (Å²) in [6.45, 7) is 0.518. The first-order chi connectivity index (χ1) is 15.3. The van der Waals surface area contributed by atoms with Gasteiger partial charge in [0, 0.05) is 27.6 Å². The molecule has 1 aromatic carbocycles. The number of hydrogen-bond donors (Lipinski definition) is 0. The highest BCUT2D eigenvalue weighted by Gasteiger charge is 2.32. The molecular formula is C20H18N6OS2. The summed E-state index contributed by atoms with van der Waals surface area (Å²) in [5.41, 5.74) is 1.71. The molecule has 0 radical (unpaired) electrons. The van der Waals surface area contributed by atoms with Crippen molar-refractivity contribution in [2.45, 2.75) is 26.4 Å². The number of rotatable bonds is 3. The second-order valence-electron chi connectivity index (χ2n) is 6.69. The van der Waals surface area contributed by atoms with E-state index in [1.54, 1.807) is 16.2 Å². The Balaban J connectivity index is 1.38. The lowest BCUT2D eigenvalue weighted by Crippen LogP contribution is -2.41. The summed E-state index contributed by atoms with van der Waals surface area (Å²) in [5, 5.41) is 10.9. The van der Waals surface area contributed by atoms with E-state index in [0.29, 0.717) is 35.3 Å². The fraction of sp³-hybridized carbons (Fsp3) is 0.250. The first-order valence-electron chi connectivity index (χ1n) is 10.6. The minimum absolute atomic E-state index is 0.0633. The van der Waals surface area contributed by atoms with Gasteiger partial charge in [-0.1, -0.05) is 18.2 Å². The lowest BCUT2D eigenvalue weighted by Gasteiger charge is -2.33. The van der Waals surface area contributed by atoms with Crippen LogP contribution in [0.1, 0.15) is 39.1 Å². The zero-order valence-corrected chi connectivity index (χ0v) is 17.1. The van der Waals surface area contributed by atoms with E-state index < -0.39 is 6.85 Å². The molecule has 0 aliphatic carbocycles. The summed E-state index contributed by atoms with van der Waals surface area (Å²) in [7, 11) is 0. The van der Waals surface area contributed by atoms with E-state index in [9.17, 15) is 4.79 Å². The molecule has 1 aliphatic rings. The van der Waals surface area contributed by atoms with Crippen LogP contribution < -0.4 is 0 Å². The molecule has 0 spiro atoms. The fourth-order valence-corrected chi connectivity index (χ4v) is 4.83. The van der Waals surface area contributed by atoms with Gasteiger partial charge in [0.1, 0.15) is 5.82 Å². The van der Waals surface area contributed by atoms with Crippen LogP contribution in [0.25, 0.3) is 21.3 Å². The Bertz CT molecular complexity index is 1260. The predicted molar refractivity (Wildman–Crippen MR) is 113 cm³/mol. The van der Waals surface area contributed by atoms with Crippen LogP contribution in [-0.4, -0.2) is 41.5 Å². The van der Waals surface area contributed by atoms with Crippen LogP contribution in [-0.2, 0) is 6.54 Å². The van der Waals surface area contributed by atoms with Gasteiger partial charge in [-0.05, 0) is 54.5 Å². The summed E-state index contributed by atoms with van der Waals surface area (Å²) < 4.78 is 28.2. The summed E-state index contributed by atoms with van der Waals surface area (Å²) in [6, 6.07) is 11.4. The molecule has 1 aliphatic heterocycles. The largest absolute Gasteiger partial charge is 0.327 e. The van der Waals surface area contributed by atoms with Crippen molar-refractivity contribution in [2.75, 3.05) is 6.54 Å². The second kappa shape index (κ2) is 7.16. The highest BCUT2D eigenvalue weighted by molar-refractivity contribution is 7.13. The number of amides is 1. The van der Waals surface area contributed by atoms with Gasteiger partial charge in [-0.3, -0.25) is 4.79 Å². The van der Waals surface area contributed by atoms with Crippen LogP contribution in [0.3, 0.4) is 0 Å². The highest BCUT2D eigenvalue weighted by Crippen LogP contribution is 2.31. The minimum Gasteiger partial charge on any atom is -0.327 e. The van der Waals surface area contributed by atoms with Crippen molar-refractivity contribution in [3.8, 4) is 21.3 Å². The van der Waals surface area contributed by atoms with Gasteiger partial charge in [-0.15, -0.1) is 21.5 Å². The molecule has 0 saturated carbocycles. The Hall–Kier alpha value is -2.91. The molecule has 0 bridgehead atoms. The van der Waals surface area contributed by atoms with Crippen molar-refractivity contribution in [2.24, 2.45) is 0 Å². The summed E-state index contributed by atoms with van der Waals surface area (Å²) in [6.07, 6.45) is 0. The smallest absolute Gasteiger partial charge is 0.254 e. The van der Waals surface area contributed by atoms with Crippen molar-refractivity contribution >= 4 is 28.8 Å². The quantitative estimate of drug-likeness (QED) is 0.495. The molecule has 0 fully saturated rings. The Labute approximate surface area is 180 Å². The van der Waals surface area contributed by atoms with E-state index in [1.165, 1.54) is 0 Å². The highest BCUT2D eigenvalue weighted by atomic mass is 32.1. The number of fused-ring (bicyclic) bond motifs is 1. The van der Waals surface area contributed by atoms with E-state index in [2.05, 4.69) is 25.6 Å². The maximum absolute atomic E-state index is 13.2. The van der Waals surface area contributed by atoms with Gasteiger partial charge >= 0.3 is 0 Å². The average molecular weight is 426 g/mol. The van der Waals surface area contributed by atoms with Crippen molar-refractivity contribution in [1.29, 1.82) is 0 Å². The Morgan fingerprint density at radius 2 is 2.07 bits per heavy atom. The SMILES string of the molecule is [2H]C([2H])([2H])c1nsc(-c2nnc3n2CCN(C(=O)c2ccc(-c4cccs4)cc2)[C@@H]3C)n1. The number of nitrogens with zero attached hydrogens (tertiary/aromatic N) is 6. The van der Waals surface area contributed by atoms with Crippen LogP contribution in [0.5, 0.6) is 0 Å². The molecule has 1 atom stereocenters. The van der Waals surface area contributed by atoms with Gasteiger partial charge in [0.2, 0.25) is 0 Å². The van der Waals surface area contributed by atoms with E-state index in [-0.39, 0.29) is 17.8 Å². The molecule has 3 aromatic heterocycles. The van der Waals surface area contributed by atoms with Crippen LogP contribution in [0, 0.1) is 6.85 Å². The number of aryl methyl sites for hydroxylation is 1. The van der Waals surface area contributed by atoms with Crippen molar-refractivity contribution in [3.05, 3.63) is 59.0 Å². The van der Waals surface area contributed by atoms with Gasteiger partial charge in [0.05, 0.1) is 6.04 Å². The number of benzene rings is 1. The van der Waals surface area contributed by atoms with E-state index in [0.717, 1.165) is 22.0 Å². The van der Waals surface area contributed by atoms with Crippen molar-refractivity contribution in [3.63, 3.8) is 0 Å². The average Bonchev–Trinajstić information content (AvgIpc) is 3.53. The molecule has 5 rings (SSSR count). The van der Waals surface area contributed by atoms with Crippen LogP contribution in [0.2, 0.25) is 0 Å². The lowest BCUT2D eigenvalue weighted by atomic mass is 10.1. The fourth-order valence-electron chi connectivity index (χ4n) is 3.52. The predicted octanol–water partition coefficient (Wildman–Crippen LogP) is 4.05. The van der Waals surface area contributed by atoms with Gasteiger partial charge in [0.25, 0.3) is 5.91 Å². The molecule has 29 heavy (non-hydrogen) atoms. The van der Waals surface area contributed by atoms with Gasteiger partial charge in [-0.2, -0.15) is 4.37 Å². The molecule has 7 nitrogen and oxygen atoms in total. The Morgan fingerprint density at radius 1 is 1.21 bits per heavy atom. The van der Waals surface area contributed by atoms with Crippen LogP contribution in [0.4, 0.5) is 0 Å². The molecule has 0 N–H and O–H groups in total. The van der Waals surface area contributed by atoms with Crippen molar-refractivity contribution < 1.29 is 8.91 Å². The molecule has 0 unspecified atom stereocenters. The maximum Gasteiger partial charge on any atom is 0.254 e. The number of thiophene rings is 1.